The van der Waals surface area contributed by atoms with Gasteiger partial charge in [0, 0.05) is 70.1 Å². The normalized spacial score (nSPS) is 33.9. The molecule has 0 aromatic rings. The van der Waals surface area contributed by atoms with Crippen molar-refractivity contribution in [2.24, 2.45) is 11.7 Å². The van der Waals surface area contributed by atoms with Crippen LogP contribution >= 0.6 is 0 Å². The number of amides is 1. The van der Waals surface area contributed by atoms with E-state index in [1.807, 2.05) is 4.90 Å². The van der Waals surface area contributed by atoms with Crippen LogP contribution in [-0.4, -0.2) is 105 Å². The Morgan fingerprint density at radius 2 is 2.03 bits per heavy atom. The van der Waals surface area contributed by atoms with Gasteiger partial charge in [-0.2, -0.15) is 0 Å². The molecule has 0 aromatic carbocycles. The Kier molecular flexibility index (Phi) is 5.24. The second kappa shape index (κ2) is 7.84. The van der Waals surface area contributed by atoms with Crippen molar-refractivity contribution in [3.8, 4) is 0 Å². The fourth-order valence-electron chi connectivity index (χ4n) is 5.78. The first-order chi connectivity index (χ1) is 15.4. The standard InChI is InChI=1S/C21H30N6O5/c1-11-15(24-5-8-26-6-3-23-4-7-26)18(29)14-12(10-32-20(22)30)21(31-2)19-13(25-19)9-27(21)16(14)17(11)28/h12-13,19,23-25H,3-10H2,1-2H3,(H2,22,30)/t12-,13+,19+,21-/m1/s1. The van der Waals surface area contributed by atoms with Crippen LogP contribution in [0.4, 0.5) is 4.79 Å². The van der Waals surface area contributed by atoms with E-state index < -0.39 is 17.7 Å². The lowest BCUT2D eigenvalue weighted by molar-refractivity contribution is -0.137. The number of carbonyl (C=O) groups is 3. The number of fused-ring (bicyclic) bond motifs is 4. The lowest BCUT2D eigenvalue weighted by Crippen LogP contribution is -2.55. The molecule has 4 atom stereocenters. The third-order valence-electron chi connectivity index (χ3n) is 7.37. The highest BCUT2D eigenvalue weighted by atomic mass is 16.6. The summed E-state index contributed by atoms with van der Waals surface area (Å²) in [6, 6.07) is 0.121. The topological polar surface area (TPSA) is 148 Å². The predicted octanol–water partition coefficient (Wildman–Crippen LogP) is -2.12. The Morgan fingerprint density at radius 1 is 1.28 bits per heavy atom. The van der Waals surface area contributed by atoms with Crippen LogP contribution in [0.15, 0.2) is 22.5 Å². The quantitative estimate of drug-likeness (QED) is 0.253. The number of hydrogen-bond acceptors (Lipinski definition) is 10. The molecule has 0 saturated carbocycles. The molecule has 5 N–H and O–H groups in total. The molecule has 5 rings (SSSR count). The number of nitrogens with one attached hydrogen (secondary N) is 3. The zero-order valence-electron chi connectivity index (χ0n) is 18.4. The largest absolute Gasteiger partial charge is 0.449 e. The summed E-state index contributed by atoms with van der Waals surface area (Å²) in [4.78, 5) is 42.7. The lowest BCUT2D eigenvalue weighted by atomic mass is 9.82. The van der Waals surface area contributed by atoms with Crippen molar-refractivity contribution in [2.45, 2.75) is 24.7 Å². The minimum absolute atomic E-state index is 0.0513. The molecule has 3 fully saturated rings. The number of ether oxygens (including phenoxy) is 2. The number of ketones is 2. The van der Waals surface area contributed by atoms with Crippen molar-refractivity contribution in [3.63, 3.8) is 0 Å². The number of piperazine rings is 2. The third kappa shape index (κ3) is 3.06. The van der Waals surface area contributed by atoms with Crippen molar-refractivity contribution in [1.29, 1.82) is 0 Å². The summed E-state index contributed by atoms with van der Waals surface area (Å²) in [5.74, 6) is -1.04. The average molecular weight is 447 g/mol. The zero-order valence-corrected chi connectivity index (χ0v) is 18.4. The van der Waals surface area contributed by atoms with E-state index in [2.05, 4.69) is 20.9 Å². The Labute approximate surface area is 186 Å². The van der Waals surface area contributed by atoms with Crippen molar-refractivity contribution < 1.29 is 23.9 Å². The number of Topliss-reactive ketones (excluding diaryl/α,β-unsaturated/α-hetero) is 2. The number of nitrogens with zero attached hydrogens (tertiary/aromatic N) is 2. The molecule has 11 heteroatoms. The molecule has 4 heterocycles. The number of allylic oxidation sites excluding steroid dienone is 2. The smallest absolute Gasteiger partial charge is 0.404 e. The fraction of sp³-hybridized carbons (Fsp3) is 0.667. The van der Waals surface area contributed by atoms with Crippen LogP contribution in [0.5, 0.6) is 0 Å². The number of rotatable bonds is 7. The number of primary amides is 1. The number of nitrogens with two attached hydrogens (primary N) is 1. The average Bonchev–Trinajstić information content (AvgIpc) is 3.40. The van der Waals surface area contributed by atoms with Gasteiger partial charge < -0.3 is 36.1 Å². The SMILES string of the molecule is CO[C@@]12[C@H](COC(N)=O)C3=C(C(=O)C(C)=C(NCCN4CCNCC4)C3=O)N1C[C@@H]1N[C@@H]12. The lowest BCUT2D eigenvalue weighted by Gasteiger charge is -2.39. The maximum Gasteiger partial charge on any atom is 0.404 e. The van der Waals surface area contributed by atoms with Gasteiger partial charge in [-0.25, -0.2) is 4.79 Å². The number of hydrogen-bond donors (Lipinski definition) is 4. The number of carbonyl (C=O) groups excluding carboxylic acids is 3. The highest BCUT2D eigenvalue weighted by Gasteiger charge is 2.72. The second-order valence-electron chi connectivity index (χ2n) is 8.94. The van der Waals surface area contributed by atoms with Gasteiger partial charge in [0.05, 0.1) is 23.4 Å². The van der Waals surface area contributed by atoms with Crippen molar-refractivity contribution in [2.75, 3.05) is 59.5 Å². The van der Waals surface area contributed by atoms with E-state index in [9.17, 15) is 14.4 Å². The summed E-state index contributed by atoms with van der Waals surface area (Å²) in [5, 5.41) is 9.89. The van der Waals surface area contributed by atoms with Gasteiger partial charge in [0.1, 0.15) is 6.61 Å². The first-order valence-corrected chi connectivity index (χ1v) is 11.1. The zero-order chi connectivity index (χ0) is 22.6. The molecular weight excluding hydrogens is 416 g/mol. The summed E-state index contributed by atoms with van der Waals surface area (Å²) in [6.07, 6.45) is -0.925. The van der Waals surface area contributed by atoms with Gasteiger partial charge in [0.15, 0.2) is 5.72 Å². The third-order valence-corrected chi connectivity index (χ3v) is 7.37. The minimum atomic E-state index is -0.952. The molecule has 4 aliphatic heterocycles. The summed E-state index contributed by atoms with van der Waals surface area (Å²) in [7, 11) is 1.56. The summed E-state index contributed by atoms with van der Waals surface area (Å²) in [5.41, 5.74) is 5.72. The molecule has 0 aromatic heterocycles. The van der Waals surface area contributed by atoms with Crippen molar-refractivity contribution in [1.82, 2.24) is 25.8 Å². The molecule has 1 aliphatic carbocycles. The molecule has 11 nitrogen and oxygen atoms in total. The van der Waals surface area contributed by atoms with E-state index in [4.69, 9.17) is 15.2 Å². The molecule has 0 bridgehead atoms. The highest BCUT2D eigenvalue weighted by molar-refractivity contribution is 6.25. The van der Waals surface area contributed by atoms with Gasteiger partial charge in [0.2, 0.25) is 11.6 Å². The molecule has 0 radical (unpaired) electrons. The summed E-state index contributed by atoms with van der Waals surface area (Å²) < 4.78 is 11.1. The van der Waals surface area contributed by atoms with E-state index in [1.54, 1.807) is 14.0 Å². The van der Waals surface area contributed by atoms with Crippen LogP contribution in [-0.2, 0) is 19.1 Å². The minimum Gasteiger partial charge on any atom is -0.449 e. The molecular formula is C21H30N6O5. The monoisotopic (exact) mass is 446 g/mol. The first-order valence-electron chi connectivity index (χ1n) is 11.1. The van der Waals surface area contributed by atoms with Gasteiger partial charge in [-0.1, -0.05) is 0 Å². The Bertz CT molecular complexity index is 926. The first kappa shape index (κ1) is 21.4. The van der Waals surface area contributed by atoms with Crippen molar-refractivity contribution >= 4 is 17.7 Å². The number of methoxy groups -OCH3 is 1. The van der Waals surface area contributed by atoms with Crippen LogP contribution < -0.4 is 21.7 Å². The van der Waals surface area contributed by atoms with E-state index >= 15 is 0 Å². The van der Waals surface area contributed by atoms with Crippen LogP contribution in [0.1, 0.15) is 6.92 Å². The van der Waals surface area contributed by atoms with Gasteiger partial charge in [-0.15, -0.1) is 0 Å². The maximum atomic E-state index is 13.7. The van der Waals surface area contributed by atoms with Crippen LogP contribution in [0.25, 0.3) is 0 Å². The highest BCUT2D eigenvalue weighted by Crippen LogP contribution is 2.55. The molecule has 0 unspecified atom stereocenters. The van der Waals surface area contributed by atoms with Gasteiger partial charge in [0.25, 0.3) is 0 Å². The molecule has 1 amide bonds. The van der Waals surface area contributed by atoms with Crippen molar-refractivity contribution in [3.05, 3.63) is 22.5 Å². The molecule has 174 valence electrons. The molecule has 5 aliphatic rings. The molecule has 0 spiro atoms. The molecule has 32 heavy (non-hydrogen) atoms. The van der Waals surface area contributed by atoms with Crippen LogP contribution in [0.3, 0.4) is 0 Å². The maximum absolute atomic E-state index is 13.7. The van der Waals surface area contributed by atoms with E-state index in [1.165, 1.54) is 0 Å². The van der Waals surface area contributed by atoms with Gasteiger partial charge in [-0.05, 0) is 6.92 Å². The van der Waals surface area contributed by atoms with Gasteiger partial charge >= 0.3 is 6.09 Å². The fourth-order valence-corrected chi connectivity index (χ4v) is 5.78. The second-order valence-corrected chi connectivity index (χ2v) is 8.94. The van der Waals surface area contributed by atoms with E-state index in [0.717, 1.165) is 32.7 Å². The molecule has 3 saturated heterocycles. The van der Waals surface area contributed by atoms with E-state index in [-0.39, 0.29) is 30.3 Å². The Balaban J connectivity index is 1.41. The summed E-state index contributed by atoms with van der Waals surface area (Å²) in [6.45, 7) is 7.25. The Hall–Kier alpha value is -2.47. The summed E-state index contributed by atoms with van der Waals surface area (Å²) >= 11 is 0. The van der Waals surface area contributed by atoms with E-state index in [0.29, 0.717) is 35.6 Å². The van der Waals surface area contributed by atoms with Crippen LogP contribution in [0, 0.1) is 5.92 Å². The van der Waals surface area contributed by atoms with Crippen LogP contribution in [0.2, 0.25) is 0 Å². The Morgan fingerprint density at radius 3 is 2.72 bits per heavy atom. The predicted molar refractivity (Wildman–Crippen MR) is 113 cm³/mol. The van der Waals surface area contributed by atoms with Gasteiger partial charge in [-0.3, -0.25) is 14.5 Å².